The molecule has 5 heteroatoms. The van der Waals surface area contributed by atoms with Gasteiger partial charge in [0.2, 0.25) is 0 Å². The minimum atomic E-state index is -0.404. The van der Waals surface area contributed by atoms with Crippen molar-refractivity contribution in [2.75, 3.05) is 45.8 Å². The molecule has 2 aliphatic heterocycles. The first-order valence-electron chi connectivity index (χ1n) is 8.83. The van der Waals surface area contributed by atoms with Crippen molar-refractivity contribution >= 4 is 6.09 Å². The van der Waals surface area contributed by atoms with E-state index >= 15 is 0 Å². The molecular weight excluding hydrogens is 278 g/mol. The van der Waals surface area contributed by atoms with Crippen molar-refractivity contribution in [2.45, 2.75) is 58.6 Å². The van der Waals surface area contributed by atoms with Crippen LogP contribution in [-0.2, 0) is 4.74 Å². The fourth-order valence-electron chi connectivity index (χ4n) is 3.40. The molecule has 2 rings (SSSR count). The molecule has 0 radical (unpaired) electrons. The summed E-state index contributed by atoms with van der Waals surface area (Å²) < 4.78 is 5.51. The monoisotopic (exact) mass is 311 g/mol. The van der Waals surface area contributed by atoms with Gasteiger partial charge in [-0.15, -0.1) is 0 Å². The molecule has 0 N–H and O–H groups in total. The fraction of sp³-hybridized carbons (Fsp3) is 0.941. The Bertz CT molecular complexity index is 359. The van der Waals surface area contributed by atoms with Gasteiger partial charge in [0.05, 0.1) is 0 Å². The molecule has 2 saturated heterocycles. The maximum Gasteiger partial charge on any atom is 0.410 e. The smallest absolute Gasteiger partial charge is 0.410 e. The molecule has 2 heterocycles. The van der Waals surface area contributed by atoms with Crippen LogP contribution in [0.25, 0.3) is 0 Å². The first-order chi connectivity index (χ1) is 10.4. The van der Waals surface area contributed by atoms with E-state index in [0.717, 1.165) is 32.5 Å². The van der Waals surface area contributed by atoms with Gasteiger partial charge in [0.25, 0.3) is 0 Å². The van der Waals surface area contributed by atoms with E-state index in [-0.39, 0.29) is 6.09 Å². The number of piperazine rings is 1. The standard InChI is InChI=1S/C17H33N3O2/c1-5-18-11-13-19(14-12-18)15-7-6-9-20(10-8-15)16(21)22-17(2,3)4/h15H,5-14H2,1-4H3. The Hall–Kier alpha value is -0.810. The summed E-state index contributed by atoms with van der Waals surface area (Å²) in [5, 5.41) is 0. The predicted molar refractivity (Wildman–Crippen MR) is 89.1 cm³/mol. The number of likely N-dealkylation sites (tertiary alicyclic amines) is 1. The van der Waals surface area contributed by atoms with Crippen LogP contribution in [0.1, 0.15) is 47.0 Å². The van der Waals surface area contributed by atoms with Gasteiger partial charge in [0.1, 0.15) is 5.60 Å². The van der Waals surface area contributed by atoms with Gasteiger partial charge in [0.15, 0.2) is 0 Å². The van der Waals surface area contributed by atoms with Crippen molar-refractivity contribution in [3.63, 3.8) is 0 Å². The van der Waals surface area contributed by atoms with Gasteiger partial charge < -0.3 is 14.5 Å². The number of ether oxygens (including phenoxy) is 1. The number of carbonyl (C=O) groups excluding carboxylic acids is 1. The van der Waals surface area contributed by atoms with E-state index in [1.807, 2.05) is 25.7 Å². The van der Waals surface area contributed by atoms with E-state index in [1.54, 1.807) is 0 Å². The van der Waals surface area contributed by atoms with E-state index in [1.165, 1.54) is 32.6 Å². The molecule has 0 spiro atoms. The summed E-state index contributed by atoms with van der Waals surface area (Å²) in [7, 11) is 0. The first-order valence-corrected chi connectivity index (χ1v) is 8.83. The van der Waals surface area contributed by atoms with Crippen molar-refractivity contribution < 1.29 is 9.53 Å². The highest BCUT2D eigenvalue weighted by molar-refractivity contribution is 5.68. The summed E-state index contributed by atoms with van der Waals surface area (Å²) in [6.07, 6.45) is 3.21. The van der Waals surface area contributed by atoms with Gasteiger partial charge in [-0.05, 0) is 46.6 Å². The number of rotatable bonds is 2. The summed E-state index contributed by atoms with van der Waals surface area (Å²) in [6, 6.07) is 0.631. The Morgan fingerprint density at radius 3 is 2.32 bits per heavy atom. The highest BCUT2D eigenvalue weighted by Crippen LogP contribution is 2.20. The van der Waals surface area contributed by atoms with Crippen LogP contribution in [0.4, 0.5) is 4.79 Å². The molecule has 2 fully saturated rings. The Labute approximate surface area is 135 Å². The lowest BCUT2D eigenvalue weighted by Crippen LogP contribution is -2.50. The lowest BCUT2D eigenvalue weighted by molar-refractivity contribution is 0.0249. The highest BCUT2D eigenvalue weighted by atomic mass is 16.6. The maximum absolute atomic E-state index is 12.2. The number of likely N-dealkylation sites (N-methyl/N-ethyl adjacent to an activating group) is 1. The summed E-state index contributed by atoms with van der Waals surface area (Å²) in [5.41, 5.74) is -0.404. The largest absolute Gasteiger partial charge is 0.444 e. The maximum atomic E-state index is 12.2. The Morgan fingerprint density at radius 2 is 1.73 bits per heavy atom. The summed E-state index contributed by atoms with van der Waals surface area (Å²) in [6.45, 7) is 15.6. The Morgan fingerprint density at radius 1 is 1.05 bits per heavy atom. The van der Waals surface area contributed by atoms with Crippen molar-refractivity contribution in [1.29, 1.82) is 0 Å². The van der Waals surface area contributed by atoms with Crippen molar-refractivity contribution in [1.82, 2.24) is 14.7 Å². The van der Waals surface area contributed by atoms with Crippen LogP contribution in [0.5, 0.6) is 0 Å². The van der Waals surface area contributed by atoms with E-state index < -0.39 is 5.60 Å². The molecule has 1 atom stereocenters. The zero-order valence-corrected chi connectivity index (χ0v) is 14.8. The van der Waals surface area contributed by atoms with Crippen LogP contribution in [0, 0.1) is 0 Å². The molecule has 1 amide bonds. The minimum Gasteiger partial charge on any atom is -0.444 e. The van der Waals surface area contributed by atoms with Crippen molar-refractivity contribution in [3.8, 4) is 0 Å². The minimum absolute atomic E-state index is 0.149. The summed E-state index contributed by atoms with van der Waals surface area (Å²) in [5.74, 6) is 0. The van der Waals surface area contributed by atoms with Crippen LogP contribution in [0.15, 0.2) is 0 Å². The van der Waals surface area contributed by atoms with E-state index in [9.17, 15) is 4.79 Å². The topological polar surface area (TPSA) is 36.0 Å². The van der Waals surface area contributed by atoms with Crippen molar-refractivity contribution in [2.24, 2.45) is 0 Å². The Balaban J connectivity index is 1.81. The van der Waals surface area contributed by atoms with Gasteiger partial charge >= 0.3 is 6.09 Å². The average Bonchev–Trinajstić information content (AvgIpc) is 2.71. The molecule has 1 unspecified atom stereocenters. The van der Waals surface area contributed by atoms with Crippen LogP contribution >= 0.6 is 0 Å². The van der Waals surface area contributed by atoms with E-state index in [4.69, 9.17) is 4.74 Å². The molecule has 0 aromatic rings. The zero-order chi connectivity index (χ0) is 16.2. The second kappa shape index (κ2) is 7.64. The van der Waals surface area contributed by atoms with Crippen molar-refractivity contribution in [3.05, 3.63) is 0 Å². The molecule has 0 saturated carbocycles. The average molecular weight is 311 g/mol. The van der Waals surface area contributed by atoms with Crippen LogP contribution in [-0.4, -0.2) is 78.2 Å². The number of hydrogen-bond acceptors (Lipinski definition) is 4. The number of hydrogen-bond donors (Lipinski definition) is 0. The van der Waals surface area contributed by atoms with Gasteiger partial charge in [-0.25, -0.2) is 4.79 Å². The molecule has 0 aromatic heterocycles. The molecule has 128 valence electrons. The molecule has 22 heavy (non-hydrogen) atoms. The number of nitrogens with zero attached hydrogens (tertiary/aromatic N) is 3. The van der Waals surface area contributed by atoms with Gasteiger partial charge in [-0.1, -0.05) is 6.92 Å². The van der Waals surface area contributed by atoms with Gasteiger partial charge in [-0.2, -0.15) is 0 Å². The summed E-state index contributed by atoms with van der Waals surface area (Å²) in [4.78, 5) is 19.3. The fourth-order valence-corrected chi connectivity index (χ4v) is 3.40. The molecule has 0 aliphatic carbocycles. The second-order valence-electron chi connectivity index (χ2n) is 7.52. The highest BCUT2D eigenvalue weighted by Gasteiger charge is 2.28. The third-order valence-electron chi connectivity index (χ3n) is 4.72. The lowest BCUT2D eigenvalue weighted by atomic mass is 10.1. The molecule has 0 aromatic carbocycles. The quantitative estimate of drug-likeness (QED) is 0.785. The molecular formula is C17H33N3O2. The third-order valence-corrected chi connectivity index (χ3v) is 4.72. The van der Waals surface area contributed by atoms with E-state index in [2.05, 4.69) is 16.7 Å². The van der Waals surface area contributed by atoms with Gasteiger partial charge in [-0.3, -0.25) is 4.90 Å². The van der Waals surface area contributed by atoms with E-state index in [0.29, 0.717) is 6.04 Å². The number of amides is 1. The summed E-state index contributed by atoms with van der Waals surface area (Å²) >= 11 is 0. The first kappa shape index (κ1) is 17.5. The number of carbonyl (C=O) groups is 1. The van der Waals surface area contributed by atoms with Crippen LogP contribution in [0.3, 0.4) is 0 Å². The molecule has 0 bridgehead atoms. The molecule has 2 aliphatic rings. The SMILES string of the molecule is CCN1CCN(C2CCCN(C(=O)OC(C)(C)C)CC2)CC1. The third kappa shape index (κ3) is 5.13. The lowest BCUT2D eigenvalue weighted by Gasteiger charge is -2.38. The predicted octanol–water partition coefficient (Wildman–Crippen LogP) is 2.41. The van der Waals surface area contributed by atoms with Gasteiger partial charge in [0, 0.05) is 45.3 Å². The zero-order valence-electron chi connectivity index (χ0n) is 14.8. The van der Waals surface area contributed by atoms with Crippen LogP contribution < -0.4 is 0 Å². The van der Waals surface area contributed by atoms with Crippen LogP contribution in [0.2, 0.25) is 0 Å². The Kier molecular flexibility index (Phi) is 6.09. The molecule has 5 nitrogen and oxygen atoms in total. The normalized spacial score (nSPS) is 25.8. The second-order valence-corrected chi connectivity index (χ2v) is 7.52.